The normalized spacial score (nSPS) is 17.5. The fraction of sp³-hybridized carbons (Fsp3) is 0.476. The third-order valence-corrected chi connectivity index (χ3v) is 5.69. The molecule has 28 heavy (non-hydrogen) atoms. The van der Waals surface area contributed by atoms with Gasteiger partial charge in [0, 0.05) is 18.5 Å². The van der Waals surface area contributed by atoms with E-state index in [9.17, 15) is 9.18 Å². The van der Waals surface area contributed by atoms with Crippen LogP contribution < -0.4 is 9.80 Å². The molecule has 3 heterocycles. The molecule has 148 valence electrons. The summed E-state index contributed by atoms with van der Waals surface area (Å²) in [5.74, 6) is 1.57. The Morgan fingerprint density at radius 3 is 2.57 bits per heavy atom. The summed E-state index contributed by atoms with van der Waals surface area (Å²) >= 11 is 0. The smallest absolute Gasteiger partial charge is 0.227 e. The first kappa shape index (κ1) is 18.8. The summed E-state index contributed by atoms with van der Waals surface area (Å²) in [6, 6.07) is 6.15. The minimum atomic E-state index is -0.283. The van der Waals surface area contributed by atoms with E-state index in [4.69, 9.17) is 4.98 Å². The van der Waals surface area contributed by atoms with Crippen LogP contribution >= 0.6 is 0 Å². The average molecular weight is 384 g/mol. The molecule has 6 nitrogen and oxygen atoms in total. The monoisotopic (exact) mass is 384 g/mol. The highest BCUT2D eigenvalue weighted by Gasteiger charge is 2.28. The van der Waals surface area contributed by atoms with E-state index in [0.717, 1.165) is 61.1 Å². The van der Waals surface area contributed by atoms with Crippen molar-refractivity contribution in [1.29, 1.82) is 0 Å². The van der Waals surface area contributed by atoms with Gasteiger partial charge in [-0.05, 0) is 24.6 Å². The van der Waals surface area contributed by atoms with Gasteiger partial charge in [-0.15, -0.1) is 0 Å². The molecule has 0 aliphatic carbocycles. The van der Waals surface area contributed by atoms with Gasteiger partial charge in [0.15, 0.2) is 0 Å². The Kier molecular flexibility index (Phi) is 5.26. The molecule has 0 spiro atoms. The quantitative estimate of drug-likeness (QED) is 0.832. The highest BCUT2D eigenvalue weighted by Crippen LogP contribution is 2.27. The highest BCUT2D eigenvalue weighted by atomic mass is 19.1. The van der Waals surface area contributed by atoms with Crippen molar-refractivity contribution in [3.8, 4) is 0 Å². The van der Waals surface area contributed by atoms with Gasteiger partial charge >= 0.3 is 0 Å². The van der Waals surface area contributed by atoms with Gasteiger partial charge in [0.25, 0.3) is 0 Å². The van der Waals surface area contributed by atoms with Gasteiger partial charge < -0.3 is 14.7 Å². The predicted molar refractivity (Wildman–Crippen MR) is 105 cm³/mol. The number of fused-ring (bicyclic) bond motifs is 1. The number of nitrogens with one attached hydrogen (secondary N) is 1. The van der Waals surface area contributed by atoms with Crippen LogP contribution in [0.5, 0.6) is 0 Å². The largest absolute Gasteiger partial charge is 0.345 e. The third kappa shape index (κ3) is 3.99. The Labute approximate surface area is 165 Å². The maximum absolute atomic E-state index is 13.1. The number of quaternary nitrogens is 1. The summed E-state index contributed by atoms with van der Waals surface area (Å²) in [6.07, 6.45) is 1.04. The number of likely N-dealkylation sites (N-methyl/N-ethyl adjacent to an activating group) is 1. The molecule has 2 aromatic rings. The number of aromatic nitrogens is 2. The number of nitrogens with zero attached hydrogens (tertiary/aromatic N) is 4. The molecule has 0 saturated carbocycles. The molecule has 0 radical (unpaired) electrons. The molecule has 1 aromatic heterocycles. The summed E-state index contributed by atoms with van der Waals surface area (Å²) < 4.78 is 13.1. The number of aryl methyl sites for hydroxylation is 1. The minimum Gasteiger partial charge on any atom is -0.345 e. The maximum Gasteiger partial charge on any atom is 0.227 e. The van der Waals surface area contributed by atoms with E-state index in [-0.39, 0.29) is 18.1 Å². The van der Waals surface area contributed by atoms with Crippen LogP contribution in [0.2, 0.25) is 0 Å². The van der Waals surface area contributed by atoms with E-state index in [1.807, 2.05) is 11.8 Å². The van der Waals surface area contributed by atoms with Gasteiger partial charge in [-0.3, -0.25) is 4.79 Å². The molecule has 0 atom stereocenters. The molecular weight excluding hydrogens is 357 g/mol. The van der Waals surface area contributed by atoms with Gasteiger partial charge in [-0.25, -0.2) is 14.4 Å². The lowest BCUT2D eigenvalue weighted by Crippen LogP contribution is -3.12. The Balaban J connectivity index is 1.53. The van der Waals surface area contributed by atoms with Gasteiger partial charge in [0.05, 0.1) is 51.9 Å². The molecule has 2 aliphatic rings. The minimum absolute atomic E-state index is 0.0617. The predicted octanol–water partition coefficient (Wildman–Crippen LogP) is 0.386. The van der Waals surface area contributed by atoms with Crippen molar-refractivity contribution in [2.24, 2.45) is 0 Å². The zero-order valence-electron chi connectivity index (χ0n) is 16.5. The first-order chi connectivity index (χ1) is 13.5. The van der Waals surface area contributed by atoms with Gasteiger partial charge in [0.2, 0.25) is 5.91 Å². The van der Waals surface area contributed by atoms with Gasteiger partial charge in [-0.1, -0.05) is 12.1 Å². The van der Waals surface area contributed by atoms with Crippen molar-refractivity contribution in [2.75, 3.05) is 44.7 Å². The van der Waals surface area contributed by atoms with Crippen LogP contribution in [-0.4, -0.2) is 60.5 Å². The van der Waals surface area contributed by atoms with Gasteiger partial charge in [0.1, 0.15) is 17.5 Å². The molecule has 2 aliphatic heterocycles. The van der Waals surface area contributed by atoms with Crippen molar-refractivity contribution in [2.45, 2.75) is 26.3 Å². The molecule has 0 unspecified atom stereocenters. The van der Waals surface area contributed by atoms with E-state index in [1.165, 1.54) is 17.0 Å². The van der Waals surface area contributed by atoms with Crippen molar-refractivity contribution in [3.63, 3.8) is 0 Å². The number of carbonyl (C=O) groups excluding carboxylic acids is 1. The second-order valence-corrected chi connectivity index (χ2v) is 7.83. The molecule has 1 saturated heterocycles. The molecule has 1 aromatic carbocycles. The van der Waals surface area contributed by atoms with Crippen LogP contribution in [0.4, 0.5) is 10.2 Å². The van der Waals surface area contributed by atoms with Crippen molar-refractivity contribution < 1.29 is 14.1 Å². The zero-order valence-corrected chi connectivity index (χ0v) is 16.5. The molecule has 1 fully saturated rings. The molecular formula is C21H27FN5O+. The van der Waals surface area contributed by atoms with Crippen LogP contribution in [0.3, 0.4) is 0 Å². The molecule has 1 amide bonds. The highest BCUT2D eigenvalue weighted by molar-refractivity contribution is 5.79. The van der Waals surface area contributed by atoms with E-state index in [1.54, 1.807) is 12.1 Å². The Morgan fingerprint density at radius 2 is 1.86 bits per heavy atom. The number of hydrogen-bond acceptors (Lipinski definition) is 4. The average Bonchev–Trinajstić information content (AvgIpc) is 2.69. The summed E-state index contributed by atoms with van der Waals surface area (Å²) in [4.78, 5) is 28.0. The summed E-state index contributed by atoms with van der Waals surface area (Å²) in [7, 11) is 2.22. The van der Waals surface area contributed by atoms with Crippen molar-refractivity contribution in [1.82, 2.24) is 14.9 Å². The number of benzene rings is 1. The number of hydrogen-bond donors (Lipinski definition) is 1. The summed E-state index contributed by atoms with van der Waals surface area (Å²) in [5, 5.41) is 0. The Bertz CT molecular complexity index is 862. The second-order valence-electron chi connectivity index (χ2n) is 7.83. The fourth-order valence-corrected chi connectivity index (χ4v) is 3.98. The van der Waals surface area contributed by atoms with Crippen molar-refractivity contribution in [3.05, 3.63) is 52.7 Å². The van der Waals surface area contributed by atoms with Crippen LogP contribution in [0, 0.1) is 12.7 Å². The van der Waals surface area contributed by atoms with Crippen molar-refractivity contribution >= 4 is 11.7 Å². The summed E-state index contributed by atoms with van der Waals surface area (Å²) in [6.45, 7) is 7.27. The van der Waals surface area contributed by atoms with Gasteiger partial charge in [-0.2, -0.15) is 0 Å². The molecule has 1 N–H and O–H groups in total. The standard InChI is InChI=1S/C21H26FN5O/c1-15-23-19-7-8-27(20(28)13-16-3-5-17(22)6-4-16)14-18(19)21(24-15)26-11-9-25(2)10-12-26/h3-6H,7-14H2,1-2H3/p+1. The molecule has 7 heteroatoms. The van der Waals surface area contributed by atoms with Crippen LogP contribution in [-0.2, 0) is 24.2 Å². The van der Waals surface area contributed by atoms with E-state index in [0.29, 0.717) is 13.1 Å². The Morgan fingerprint density at radius 1 is 1.14 bits per heavy atom. The van der Waals surface area contributed by atoms with E-state index in [2.05, 4.69) is 16.9 Å². The lowest BCUT2D eigenvalue weighted by atomic mass is 10.0. The number of piperazine rings is 1. The van der Waals surface area contributed by atoms with Crippen LogP contribution in [0.15, 0.2) is 24.3 Å². The first-order valence-electron chi connectivity index (χ1n) is 9.94. The first-order valence-corrected chi connectivity index (χ1v) is 9.94. The number of halogens is 1. The third-order valence-electron chi connectivity index (χ3n) is 5.69. The molecule has 0 bridgehead atoms. The lowest BCUT2D eigenvalue weighted by molar-refractivity contribution is -0.880. The second kappa shape index (κ2) is 7.83. The lowest BCUT2D eigenvalue weighted by Gasteiger charge is -2.35. The zero-order chi connectivity index (χ0) is 19.7. The van der Waals surface area contributed by atoms with E-state index < -0.39 is 0 Å². The number of carbonyl (C=O) groups is 1. The Hall–Kier alpha value is -2.54. The topological polar surface area (TPSA) is 53.8 Å². The van der Waals surface area contributed by atoms with Crippen LogP contribution in [0.1, 0.15) is 22.6 Å². The summed E-state index contributed by atoms with van der Waals surface area (Å²) in [5.41, 5.74) is 2.99. The maximum atomic E-state index is 13.1. The number of amides is 1. The van der Waals surface area contributed by atoms with Crippen LogP contribution in [0.25, 0.3) is 0 Å². The molecule has 4 rings (SSSR count). The number of anilines is 1. The number of rotatable bonds is 3. The fourth-order valence-electron chi connectivity index (χ4n) is 3.98. The van der Waals surface area contributed by atoms with E-state index >= 15 is 0 Å². The SMILES string of the molecule is Cc1nc2c(c(N3CC[NH+](C)CC3)n1)CN(C(=O)Cc1ccc(F)cc1)CC2.